The second-order valence-electron chi connectivity index (χ2n) is 16.3. The third-order valence-electron chi connectivity index (χ3n) is 10.7. The molecule has 1 rings (SSSR count). The zero-order chi connectivity index (χ0) is 44.3. The van der Waals surface area contributed by atoms with E-state index in [1.807, 2.05) is 0 Å². The number of aliphatic hydroxyl groups is 5. The van der Waals surface area contributed by atoms with Gasteiger partial charge in [0.15, 0.2) is 6.10 Å². The minimum Gasteiger partial charge on any atom is -0.462 e. The van der Waals surface area contributed by atoms with E-state index in [1.54, 1.807) is 0 Å². The molecule has 1 fully saturated rings. The van der Waals surface area contributed by atoms with Crippen LogP contribution in [0.2, 0.25) is 0 Å². The number of esters is 2. The van der Waals surface area contributed by atoms with Crippen LogP contribution in [0, 0.1) is 0 Å². The molecule has 0 aromatic heterocycles. The molecule has 0 bridgehead atoms. The predicted molar refractivity (Wildman–Crippen MR) is 235 cm³/mol. The van der Waals surface area contributed by atoms with Gasteiger partial charge in [-0.05, 0) is 64.2 Å². The number of unbranched alkanes of at least 4 members (excludes halogenated alkanes) is 20. The molecule has 6 N–H and O–H groups in total. The van der Waals surface area contributed by atoms with Crippen LogP contribution >= 0.6 is 7.82 Å². The minimum atomic E-state index is -5.12. The van der Waals surface area contributed by atoms with Crippen molar-refractivity contribution in [3.63, 3.8) is 0 Å². The monoisotopic (exact) mass is 875 g/mol. The van der Waals surface area contributed by atoms with E-state index in [2.05, 4.69) is 50.3 Å². The third-order valence-corrected chi connectivity index (χ3v) is 11.7. The van der Waals surface area contributed by atoms with E-state index in [-0.39, 0.29) is 12.8 Å². The Bertz CT molecular complexity index is 1190. The van der Waals surface area contributed by atoms with Crippen LogP contribution in [-0.2, 0) is 32.7 Å². The van der Waals surface area contributed by atoms with Crippen LogP contribution in [0.5, 0.6) is 0 Å². The molecular weight excluding hydrogens is 791 g/mol. The largest absolute Gasteiger partial charge is 0.472 e. The van der Waals surface area contributed by atoms with Crippen molar-refractivity contribution in [3.05, 3.63) is 36.5 Å². The van der Waals surface area contributed by atoms with Gasteiger partial charge in [0.25, 0.3) is 0 Å². The highest BCUT2D eigenvalue weighted by Gasteiger charge is 2.51. The molecule has 0 heterocycles. The number of phosphoric ester groups is 1. The summed E-state index contributed by atoms with van der Waals surface area (Å²) < 4.78 is 33.5. The number of allylic oxidation sites excluding steroid dienone is 6. The highest BCUT2D eigenvalue weighted by molar-refractivity contribution is 7.47. The smallest absolute Gasteiger partial charge is 0.462 e. The first-order chi connectivity index (χ1) is 28.9. The van der Waals surface area contributed by atoms with Crippen LogP contribution in [0.15, 0.2) is 36.5 Å². The summed E-state index contributed by atoms with van der Waals surface area (Å²) in [5.74, 6) is -1.12. The van der Waals surface area contributed by atoms with Crippen molar-refractivity contribution in [2.45, 2.75) is 230 Å². The van der Waals surface area contributed by atoms with E-state index in [0.717, 1.165) is 83.5 Å². The molecule has 0 aromatic carbocycles. The molecule has 350 valence electrons. The van der Waals surface area contributed by atoms with Crippen molar-refractivity contribution in [2.75, 3.05) is 13.2 Å². The van der Waals surface area contributed by atoms with Crippen LogP contribution in [0.1, 0.15) is 187 Å². The van der Waals surface area contributed by atoms with Crippen molar-refractivity contribution >= 4 is 19.8 Å². The van der Waals surface area contributed by atoms with Gasteiger partial charge in [0.2, 0.25) is 0 Å². The molecule has 14 heteroatoms. The fraction of sp³-hybridized carbons (Fsp3) is 0.826. The van der Waals surface area contributed by atoms with Crippen LogP contribution in [0.4, 0.5) is 0 Å². The molecule has 1 saturated carbocycles. The van der Waals surface area contributed by atoms with Crippen molar-refractivity contribution in [2.24, 2.45) is 0 Å². The van der Waals surface area contributed by atoms with Crippen LogP contribution in [-0.4, -0.2) is 98.3 Å². The van der Waals surface area contributed by atoms with Gasteiger partial charge in [-0.15, -0.1) is 0 Å². The fourth-order valence-corrected chi connectivity index (χ4v) is 7.88. The second-order valence-corrected chi connectivity index (χ2v) is 17.7. The highest BCUT2D eigenvalue weighted by atomic mass is 31.2. The number of hydrogen-bond acceptors (Lipinski definition) is 12. The first kappa shape index (κ1) is 56.1. The quantitative estimate of drug-likeness (QED) is 0.0148. The Kier molecular flexibility index (Phi) is 34.2. The van der Waals surface area contributed by atoms with Gasteiger partial charge < -0.3 is 39.9 Å². The Balaban J connectivity index is 2.44. The zero-order valence-corrected chi connectivity index (χ0v) is 37.9. The molecule has 6 unspecified atom stereocenters. The maximum Gasteiger partial charge on any atom is 0.472 e. The number of carbonyl (C=O) groups excluding carboxylic acids is 2. The Morgan fingerprint density at radius 1 is 0.517 bits per heavy atom. The summed E-state index contributed by atoms with van der Waals surface area (Å²) in [5.41, 5.74) is 0. The normalized spacial score (nSPS) is 22.5. The molecule has 0 aliphatic heterocycles. The molecule has 0 saturated heterocycles. The Morgan fingerprint density at radius 2 is 0.933 bits per heavy atom. The number of ether oxygens (including phenoxy) is 2. The molecule has 60 heavy (non-hydrogen) atoms. The average Bonchev–Trinajstić information content (AvgIpc) is 3.23. The summed E-state index contributed by atoms with van der Waals surface area (Å²) >= 11 is 0. The van der Waals surface area contributed by atoms with E-state index in [4.69, 9.17) is 18.5 Å². The van der Waals surface area contributed by atoms with Crippen LogP contribution < -0.4 is 0 Å². The maximum absolute atomic E-state index is 12.8. The topological polar surface area (TPSA) is 210 Å². The summed E-state index contributed by atoms with van der Waals surface area (Å²) in [6.45, 7) is 3.22. The predicted octanol–water partition coefficient (Wildman–Crippen LogP) is 9.00. The summed E-state index contributed by atoms with van der Waals surface area (Å²) in [6.07, 6.45) is 27.7. The van der Waals surface area contributed by atoms with E-state index in [1.165, 1.54) is 64.2 Å². The van der Waals surface area contributed by atoms with Gasteiger partial charge in [-0.1, -0.05) is 147 Å². The third kappa shape index (κ3) is 28.6. The lowest BCUT2D eigenvalue weighted by Gasteiger charge is -2.41. The van der Waals surface area contributed by atoms with Gasteiger partial charge in [0.1, 0.15) is 43.2 Å². The summed E-state index contributed by atoms with van der Waals surface area (Å²) in [5, 5.41) is 50.1. The van der Waals surface area contributed by atoms with Gasteiger partial charge in [-0.25, -0.2) is 4.57 Å². The zero-order valence-electron chi connectivity index (χ0n) is 37.0. The number of carbonyl (C=O) groups is 2. The van der Waals surface area contributed by atoms with Crippen LogP contribution in [0.3, 0.4) is 0 Å². The number of aliphatic hydroxyl groups excluding tert-OH is 5. The maximum atomic E-state index is 12.8. The van der Waals surface area contributed by atoms with Crippen molar-refractivity contribution < 1.29 is 63.1 Å². The molecule has 0 radical (unpaired) electrons. The lowest BCUT2D eigenvalue weighted by Crippen LogP contribution is -2.64. The van der Waals surface area contributed by atoms with Gasteiger partial charge >= 0.3 is 19.8 Å². The molecule has 0 spiro atoms. The molecular formula is C46H83O13P. The Hall–Kier alpha value is -1.93. The van der Waals surface area contributed by atoms with Crippen molar-refractivity contribution in [1.82, 2.24) is 0 Å². The first-order valence-electron chi connectivity index (χ1n) is 23.3. The highest BCUT2D eigenvalue weighted by Crippen LogP contribution is 2.47. The second kappa shape index (κ2) is 36.5. The van der Waals surface area contributed by atoms with Gasteiger partial charge in [0, 0.05) is 12.8 Å². The molecule has 0 aromatic rings. The van der Waals surface area contributed by atoms with E-state index >= 15 is 0 Å². The summed E-state index contributed by atoms with van der Waals surface area (Å²) in [7, 11) is -5.12. The number of rotatable bonds is 38. The number of phosphoric acid groups is 1. The average molecular weight is 875 g/mol. The molecule has 6 atom stereocenters. The minimum absolute atomic E-state index is 0.0797. The number of hydrogen-bond donors (Lipinski definition) is 6. The van der Waals surface area contributed by atoms with E-state index in [9.17, 15) is 44.6 Å². The first-order valence-corrected chi connectivity index (χ1v) is 24.8. The lowest BCUT2D eigenvalue weighted by molar-refractivity contribution is -0.220. The summed E-state index contributed by atoms with van der Waals surface area (Å²) in [4.78, 5) is 35.7. The van der Waals surface area contributed by atoms with Gasteiger partial charge in [-0.3, -0.25) is 18.6 Å². The van der Waals surface area contributed by atoms with E-state index < -0.39 is 75.7 Å². The SMILES string of the molecule is CCC/C=C\C/C=C\CCCCCCCC(=O)OC(COC(=O)CCCCCCCCC/C=C\CCCCCCCCC)COP(=O)(O)OC1C(O)C(O)C(O)C(O)C1O. The standard InChI is InChI=1S/C46H83O13P/c1-3-5-7-9-11-13-15-17-18-19-20-21-23-24-26-28-30-32-34-39(47)56-36-38(37-57-60(54,55)59-46-44(52)42(50)41(49)43(51)45(46)53)58-40(48)35-33-31-29-27-25-22-16-14-12-10-8-6-4-2/h8,10,14,16,18-19,38,41-46,49-53H,3-7,9,11-13,15,17,20-37H2,1-2H3,(H,54,55)/b10-8-,16-14-,19-18-. The fourth-order valence-electron chi connectivity index (χ4n) is 6.91. The molecule has 1 aliphatic carbocycles. The molecule has 1 aliphatic rings. The van der Waals surface area contributed by atoms with Crippen molar-refractivity contribution in [1.29, 1.82) is 0 Å². The Morgan fingerprint density at radius 3 is 1.43 bits per heavy atom. The van der Waals surface area contributed by atoms with E-state index in [0.29, 0.717) is 12.8 Å². The summed E-state index contributed by atoms with van der Waals surface area (Å²) in [6, 6.07) is 0. The van der Waals surface area contributed by atoms with Crippen LogP contribution in [0.25, 0.3) is 0 Å². The van der Waals surface area contributed by atoms with Crippen molar-refractivity contribution in [3.8, 4) is 0 Å². The molecule has 13 nitrogen and oxygen atoms in total. The van der Waals surface area contributed by atoms with Gasteiger partial charge in [0.05, 0.1) is 6.61 Å². The lowest BCUT2D eigenvalue weighted by atomic mass is 9.85. The Labute approximate surface area is 361 Å². The van der Waals surface area contributed by atoms with Gasteiger partial charge in [-0.2, -0.15) is 0 Å². The molecule has 0 amide bonds.